The first kappa shape index (κ1) is 24.3. The number of aromatic nitrogens is 1. The quantitative estimate of drug-likeness (QED) is 0.393. The van der Waals surface area contributed by atoms with Gasteiger partial charge in [0.2, 0.25) is 5.91 Å². The maximum Gasteiger partial charge on any atom is 0.252 e. The number of hydrogen-bond acceptors (Lipinski definition) is 5. The molecule has 188 valence electrons. The summed E-state index contributed by atoms with van der Waals surface area (Å²) in [5, 5.41) is 3.87. The van der Waals surface area contributed by atoms with E-state index in [1.165, 1.54) is 0 Å². The van der Waals surface area contributed by atoms with Crippen LogP contribution in [-0.4, -0.2) is 37.0 Å². The first-order valence-corrected chi connectivity index (χ1v) is 12.5. The molecule has 0 aliphatic carbocycles. The summed E-state index contributed by atoms with van der Waals surface area (Å²) in [7, 11) is 1.63. The maximum absolute atomic E-state index is 13.3. The number of carbonyl (C=O) groups is 2. The Labute approximate surface area is 216 Å². The maximum atomic E-state index is 13.3. The minimum absolute atomic E-state index is 0.106. The lowest BCUT2D eigenvalue weighted by molar-refractivity contribution is -0.122. The molecule has 1 atom stereocenters. The minimum Gasteiger partial charge on any atom is -0.497 e. The molecule has 37 heavy (non-hydrogen) atoms. The number of rotatable bonds is 7. The van der Waals surface area contributed by atoms with Crippen molar-refractivity contribution in [1.82, 2.24) is 10.3 Å². The Morgan fingerprint density at radius 3 is 2.54 bits per heavy atom. The third-order valence-corrected chi connectivity index (χ3v) is 6.92. The lowest BCUT2D eigenvalue weighted by Gasteiger charge is -2.33. The lowest BCUT2D eigenvalue weighted by atomic mass is 9.97. The van der Waals surface area contributed by atoms with Gasteiger partial charge in [-0.25, -0.2) is 4.98 Å². The number of para-hydroxylation sites is 1. The van der Waals surface area contributed by atoms with Crippen molar-refractivity contribution in [2.75, 3.05) is 25.1 Å². The number of benzene rings is 3. The lowest BCUT2D eigenvalue weighted by Crippen LogP contribution is -2.41. The van der Waals surface area contributed by atoms with Crippen LogP contribution in [0.5, 0.6) is 5.75 Å². The topological polar surface area (TPSA) is 97.5 Å². The second-order valence-electron chi connectivity index (χ2n) is 9.34. The number of amides is 2. The summed E-state index contributed by atoms with van der Waals surface area (Å²) in [4.78, 5) is 31.9. The largest absolute Gasteiger partial charge is 0.497 e. The normalized spacial score (nSPS) is 15.4. The van der Waals surface area contributed by atoms with E-state index in [0.29, 0.717) is 18.7 Å². The van der Waals surface area contributed by atoms with E-state index in [4.69, 9.17) is 15.5 Å². The zero-order valence-corrected chi connectivity index (χ0v) is 20.8. The van der Waals surface area contributed by atoms with Gasteiger partial charge in [-0.05, 0) is 66.9 Å². The number of nitrogens with two attached hydrogens (primary N) is 1. The van der Waals surface area contributed by atoms with Crippen LogP contribution in [0.25, 0.3) is 22.2 Å². The van der Waals surface area contributed by atoms with Crippen molar-refractivity contribution >= 4 is 28.4 Å². The molecule has 0 spiro atoms. The van der Waals surface area contributed by atoms with Crippen LogP contribution in [0, 0.1) is 5.92 Å². The van der Waals surface area contributed by atoms with Gasteiger partial charge in [0.1, 0.15) is 5.75 Å². The van der Waals surface area contributed by atoms with Gasteiger partial charge >= 0.3 is 0 Å². The number of methoxy groups -OCH3 is 1. The molecule has 1 aromatic heterocycles. The van der Waals surface area contributed by atoms with Crippen LogP contribution in [0.1, 0.15) is 28.8 Å². The van der Waals surface area contributed by atoms with Crippen molar-refractivity contribution in [3.63, 3.8) is 0 Å². The number of primary amides is 1. The molecular formula is C30H30N4O3. The van der Waals surface area contributed by atoms with E-state index in [2.05, 4.69) is 10.2 Å². The number of nitrogens with one attached hydrogen (secondary N) is 1. The fourth-order valence-corrected chi connectivity index (χ4v) is 4.82. The first-order chi connectivity index (χ1) is 18.0. The number of pyridine rings is 1. The number of hydrogen-bond donors (Lipinski definition) is 2. The summed E-state index contributed by atoms with van der Waals surface area (Å²) in [6, 6.07) is 25.2. The van der Waals surface area contributed by atoms with E-state index in [1.54, 1.807) is 7.11 Å². The average Bonchev–Trinajstić information content (AvgIpc) is 2.95. The smallest absolute Gasteiger partial charge is 0.252 e. The van der Waals surface area contributed by atoms with Crippen molar-refractivity contribution in [3.05, 3.63) is 90.0 Å². The van der Waals surface area contributed by atoms with E-state index >= 15 is 0 Å². The number of piperidine rings is 1. The van der Waals surface area contributed by atoms with Crippen molar-refractivity contribution in [2.24, 2.45) is 11.7 Å². The number of carbonyl (C=O) groups excluding carboxylic acids is 2. The van der Waals surface area contributed by atoms with Gasteiger partial charge in [-0.15, -0.1) is 0 Å². The van der Waals surface area contributed by atoms with E-state index in [-0.39, 0.29) is 17.7 Å². The Kier molecular flexibility index (Phi) is 7.03. The highest BCUT2D eigenvalue weighted by atomic mass is 16.5. The SMILES string of the molecule is COc1ccc(-c2cc(C(=O)NCc3ccc(N4CCC[C@@H](C(N)=O)C4)cc3)c3ccccc3n2)cc1. The summed E-state index contributed by atoms with van der Waals surface area (Å²) in [5.74, 6) is 0.271. The molecule has 1 saturated heterocycles. The zero-order valence-electron chi connectivity index (χ0n) is 20.8. The highest BCUT2D eigenvalue weighted by molar-refractivity contribution is 6.07. The van der Waals surface area contributed by atoms with Crippen LogP contribution >= 0.6 is 0 Å². The second-order valence-corrected chi connectivity index (χ2v) is 9.34. The van der Waals surface area contributed by atoms with Crippen molar-refractivity contribution in [3.8, 4) is 17.0 Å². The molecule has 0 saturated carbocycles. The molecule has 0 unspecified atom stereocenters. The summed E-state index contributed by atoms with van der Waals surface area (Å²) in [6.07, 6.45) is 1.80. The van der Waals surface area contributed by atoms with Gasteiger partial charge in [-0.3, -0.25) is 9.59 Å². The van der Waals surface area contributed by atoms with Crippen molar-refractivity contribution in [2.45, 2.75) is 19.4 Å². The molecule has 1 aliphatic heterocycles. The van der Waals surface area contributed by atoms with E-state index in [1.807, 2.05) is 78.9 Å². The van der Waals surface area contributed by atoms with Gasteiger partial charge in [0, 0.05) is 36.3 Å². The van der Waals surface area contributed by atoms with Gasteiger partial charge < -0.3 is 20.7 Å². The molecule has 3 aromatic carbocycles. The molecule has 0 bridgehead atoms. The average molecular weight is 495 g/mol. The summed E-state index contributed by atoms with van der Waals surface area (Å²) in [5.41, 5.74) is 10.6. The number of anilines is 1. The molecule has 5 rings (SSSR count). The van der Waals surface area contributed by atoms with Gasteiger partial charge in [0.15, 0.2) is 0 Å². The Morgan fingerprint density at radius 1 is 1.05 bits per heavy atom. The number of ether oxygens (including phenoxy) is 1. The van der Waals surface area contributed by atoms with Gasteiger partial charge in [0.05, 0.1) is 29.8 Å². The minimum atomic E-state index is -0.234. The summed E-state index contributed by atoms with van der Waals surface area (Å²) < 4.78 is 5.26. The molecule has 0 radical (unpaired) electrons. The first-order valence-electron chi connectivity index (χ1n) is 12.5. The van der Waals surface area contributed by atoms with Crippen molar-refractivity contribution < 1.29 is 14.3 Å². The Hall–Kier alpha value is -4.39. The van der Waals surface area contributed by atoms with Crippen LogP contribution in [0.2, 0.25) is 0 Å². The fraction of sp³-hybridized carbons (Fsp3) is 0.233. The van der Waals surface area contributed by atoms with Crippen LogP contribution in [0.3, 0.4) is 0 Å². The molecule has 2 amide bonds. The standard InChI is InChI=1S/C30H30N4O3/c1-37-24-14-10-21(11-15-24)28-17-26(25-6-2-3-7-27(25)33-28)30(36)32-18-20-8-12-23(13-9-20)34-16-4-5-22(19-34)29(31)35/h2-3,6-15,17,22H,4-5,16,18-19H2,1H3,(H2,31,35)(H,32,36)/t22-/m1/s1. The number of fused-ring (bicyclic) bond motifs is 1. The highest BCUT2D eigenvalue weighted by Crippen LogP contribution is 2.27. The fourth-order valence-electron chi connectivity index (χ4n) is 4.82. The third-order valence-electron chi connectivity index (χ3n) is 6.92. The van der Waals surface area contributed by atoms with Gasteiger partial charge in [-0.2, -0.15) is 0 Å². The predicted octanol–water partition coefficient (Wildman–Crippen LogP) is 4.54. The van der Waals surface area contributed by atoms with E-state index in [9.17, 15) is 9.59 Å². The van der Waals surface area contributed by atoms with Crippen molar-refractivity contribution in [1.29, 1.82) is 0 Å². The monoisotopic (exact) mass is 494 g/mol. The Morgan fingerprint density at radius 2 is 1.81 bits per heavy atom. The molecule has 1 fully saturated rings. The second kappa shape index (κ2) is 10.7. The summed E-state index contributed by atoms with van der Waals surface area (Å²) >= 11 is 0. The Bertz CT molecular complexity index is 1420. The Balaban J connectivity index is 1.32. The van der Waals surface area contributed by atoms with Gasteiger partial charge in [-0.1, -0.05) is 30.3 Å². The predicted molar refractivity (Wildman–Crippen MR) is 145 cm³/mol. The molecule has 2 heterocycles. The molecule has 3 N–H and O–H groups in total. The van der Waals surface area contributed by atoms with Crippen LogP contribution in [0.15, 0.2) is 78.9 Å². The zero-order chi connectivity index (χ0) is 25.8. The van der Waals surface area contributed by atoms with Gasteiger partial charge in [0.25, 0.3) is 5.91 Å². The molecule has 4 aromatic rings. The summed E-state index contributed by atoms with van der Waals surface area (Å²) in [6.45, 7) is 1.96. The van der Waals surface area contributed by atoms with Crippen LogP contribution in [0.4, 0.5) is 5.69 Å². The molecule has 7 heteroatoms. The van der Waals surface area contributed by atoms with Crippen LogP contribution < -0.4 is 20.7 Å². The molecule has 7 nitrogen and oxygen atoms in total. The highest BCUT2D eigenvalue weighted by Gasteiger charge is 2.24. The van der Waals surface area contributed by atoms with Crippen LogP contribution in [-0.2, 0) is 11.3 Å². The van der Waals surface area contributed by atoms with E-state index < -0.39 is 0 Å². The molecule has 1 aliphatic rings. The van der Waals surface area contributed by atoms with E-state index in [0.717, 1.165) is 58.5 Å². The third kappa shape index (κ3) is 5.40. The number of nitrogens with zero attached hydrogens (tertiary/aromatic N) is 2. The molecular weight excluding hydrogens is 464 g/mol.